The van der Waals surface area contributed by atoms with Crippen molar-refractivity contribution in [2.75, 3.05) is 26.2 Å². The van der Waals surface area contributed by atoms with E-state index >= 15 is 0 Å². The summed E-state index contributed by atoms with van der Waals surface area (Å²) >= 11 is 0. The van der Waals surface area contributed by atoms with Crippen LogP contribution in [-0.2, 0) is 19.6 Å². The van der Waals surface area contributed by atoms with E-state index in [4.69, 9.17) is 4.74 Å². The summed E-state index contributed by atoms with van der Waals surface area (Å²) in [6, 6.07) is 20.0. The highest BCUT2D eigenvalue weighted by Crippen LogP contribution is 2.17. The van der Waals surface area contributed by atoms with Crippen LogP contribution in [0.1, 0.15) is 34.0 Å². The number of carbonyl (C=O) groups excluding carboxylic acids is 1. The zero-order valence-electron chi connectivity index (χ0n) is 18.0. The largest absolute Gasteiger partial charge is 0.489 e. The van der Waals surface area contributed by atoms with E-state index in [0.29, 0.717) is 6.61 Å². The number of hydrogen-bond donors (Lipinski definition) is 0. The van der Waals surface area contributed by atoms with Crippen molar-refractivity contribution < 1.29 is 9.53 Å². The van der Waals surface area contributed by atoms with Gasteiger partial charge in [-0.2, -0.15) is 0 Å². The van der Waals surface area contributed by atoms with Crippen LogP contribution in [0.3, 0.4) is 0 Å². The maximum atomic E-state index is 13.0. The van der Waals surface area contributed by atoms with Gasteiger partial charge in [-0.25, -0.2) is 0 Å². The number of benzene rings is 2. The highest BCUT2D eigenvalue weighted by Gasteiger charge is 2.22. The summed E-state index contributed by atoms with van der Waals surface area (Å²) in [5.41, 5.74) is 4.23. The van der Waals surface area contributed by atoms with E-state index < -0.39 is 0 Å². The van der Waals surface area contributed by atoms with Crippen LogP contribution in [0.4, 0.5) is 0 Å². The highest BCUT2D eigenvalue weighted by atomic mass is 16.5. The van der Waals surface area contributed by atoms with Crippen LogP contribution >= 0.6 is 0 Å². The second kappa shape index (κ2) is 10.2. The number of aryl methyl sites for hydroxylation is 1. The van der Waals surface area contributed by atoms with Crippen LogP contribution in [0.25, 0.3) is 0 Å². The highest BCUT2D eigenvalue weighted by molar-refractivity contribution is 5.94. The summed E-state index contributed by atoms with van der Waals surface area (Å²) in [6.07, 6.45) is 4.72. The van der Waals surface area contributed by atoms with Gasteiger partial charge < -0.3 is 9.64 Å². The molecule has 1 amide bonds. The van der Waals surface area contributed by atoms with Gasteiger partial charge in [0.25, 0.3) is 5.91 Å². The Hall–Kier alpha value is -3.18. The molecule has 0 N–H and O–H groups in total. The Bertz CT molecular complexity index is 981. The van der Waals surface area contributed by atoms with Gasteiger partial charge in [-0.15, -0.1) is 0 Å². The van der Waals surface area contributed by atoms with Crippen molar-refractivity contribution in [3.8, 4) is 5.75 Å². The van der Waals surface area contributed by atoms with Gasteiger partial charge in [0.2, 0.25) is 0 Å². The molecule has 2 heterocycles. The summed E-state index contributed by atoms with van der Waals surface area (Å²) in [6.45, 7) is 6.69. The van der Waals surface area contributed by atoms with E-state index in [1.54, 1.807) is 6.20 Å². The van der Waals surface area contributed by atoms with Gasteiger partial charge in [0.05, 0.1) is 0 Å². The van der Waals surface area contributed by atoms with Gasteiger partial charge in [0.1, 0.15) is 12.4 Å². The maximum absolute atomic E-state index is 13.0. The Morgan fingerprint density at radius 2 is 1.71 bits per heavy atom. The summed E-state index contributed by atoms with van der Waals surface area (Å²) in [4.78, 5) is 21.5. The first-order valence-electron chi connectivity index (χ1n) is 10.9. The number of ether oxygens (including phenoxy) is 1. The first-order chi connectivity index (χ1) is 15.2. The fourth-order valence-corrected chi connectivity index (χ4v) is 3.82. The minimum atomic E-state index is 0.0928. The van der Waals surface area contributed by atoms with Crippen molar-refractivity contribution in [2.24, 2.45) is 0 Å². The fraction of sp³-hybridized carbons (Fsp3) is 0.308. The van der Waals surface area contributed by atoms with Gasteiger partial charge in [0, 0.05) is 50.7 Å². The van der Waals surface area contributed by atoms with E-state index in [2.05, 4.69) is 35.0 Å². The van der Waals surface area contributed by atoms with Gasteiger partial charge in [-0.1, -0.05) is 37.3 Å². The van der Waals surface area contributed by atoms with E-state index in [1.807, 2.05) is 53.6 Å². The number of piperazine rings is 1. The molecular weight excluding hydrogens is 386 g/mol. The molecular formula is C26H29N3O2. The molecule has 0 atom stereocenters. The number of amides is 1. The monoisotopic (exact) mass is 415 g/mol. The minimum absolute atomic E-state index is 0.0928. The lowest BCUT2D eigenvalue weighted by atomic mass is 10.1. The van der Waals surface area contributed by atoms with E-state index in [-0.39, 0.29) is 5.91 Å². The average molecular weight is 416 g/mol. The topological polar surface area (TPSA) is 45.7 Å². The summed E-state index contributed by atoms with van der Waals surface area (Å²) < 4.78 is 5.91. The number of nitrogens with zero attached hydrogens (tertiary/aromatic N) is 3. The minimum Gasteiger partial charge on any atom is -0.489 e. The molecule has 2 aromatic carbocycles. The molecule has 0 aliphatic carbocycles. The predicted octanol–water partition coefficient (Wildman–Crippen LogP) is 4.18. The standard InChI is InChI=1S/C26H29N3O2/c1-2-21-8-10-25(11-9-21)31-20-22-5-3-7-24(17-22)26(30)29-15-13-28(14-16-29)19-23-6-4-12-27-18-23/h3-12,17-18H,2,13-16,19-20H2,1H3. The number of rotatable bonds is 7. The van der Waals surface area contributed by atoms with Crippen molar-refractivity contribution in [2.45, 2.75) is 26.5 Å². The molecule has 1 saturated heterocycles. The lowest BCUT2D eigenvalue weighted by Gasteiger charge is -2.34. The maximum Gasteiger partial charge on any atom is 0.253 e. The SMILES string of the molecule is CCc1ccc(OCc2cccc(C(=O)N3CCN(Cc4cccnc4)CC3)c2)cc1. The van der Waals surface area contributed by atoms with Gasteiger partial charge in [-0.05, 0) is 53.4 Å². The molecule has 0 saturated carbocycles. The quantitative estimate of drug-likeness (QED) is 0.581. The normalized spacial score (nSPS) is 14.4. The van der Waals surface area contributed by atoms with Crippen LogP contribution in [0, 0.1) is 0 Å². The zero-order chi connectivity index (χ0) is 21.5. The molecule has 160 valence electrons. The first-order valence-corrected chi connectivity index (χ1v) is 10.9. The molecule has 0 bridgehead atoms. The Labute approximate surface area is 184 Å². The van der Waals surface area contributed by atoms with Crippen LogP contribution in [0.15, 0.2) is 73.1 Å². The van der Waals surface area contributed by atoms with Crippen molar-refractivity contribution in [3.05, 3.63) is 95.3 Å². The number of hydrogen-bond acceptors (Lipinski definition) is 4. The second-order valence-corrected chi connectivity index (χ2v) is 7.92. The Morgan fingerprint density at radius 3 is 2.42 bits per heavy atom. The summed E-state index contributed by atoms with van der Waals surface area (Å²) in [5.74, 6) is 0.939. The molecule has 0 spiro atoms. The molecule has 5 nitrogen and oxygen atoms in total. The van der Waals surface area contributed by atoms with Crippen molar-refractivity contribution >= 4 is 5.91 Å². The molecule has 31 heavy (non-hydrogen) atoms. The molecule has 0 unspecified atom stereocenters. The lowest BCUT2D eigenvalue weighted by Crippen LogP contribution is -2.48. The number of pyridine rings is 1. The molecule has 1 fully saturated rings. The van der Waals surface area contributed by atoms with Gasteiger partial charge in [0.15, 0.2) is 0 Å². The first kappa shape index (κ1) is 21.1. The van der Waals surface area contributed by atoms with Crippen LogP contribution in [0.5, 0.6) is 5.75 Å². The second-order valence-electron chi connectivity index (χ2n) is 7.92. The lowest BCUT2D eigenvalue weighted by molar-refractivity contribution is 0.0628. The predicted molar refractivity (Wildman–Crippen MR) is 122 cm³/mol. The van der Waals surface area contributed by atoms with E-state index in [0.717, 1.165) is 56.0 Å². The third-order valence-electron chi connectivity index (χ3n) is 5.70. The average Bonchev–Trinajstić information content (AvgIpc) is 2.84. The van der Waals surface area contributed by atoms with E-state index in [1.165, 1.54) is 11.1 Å². The molecule has 0 radical (unpaired) electrons. The molecule has 4 rings (SSSR count). The van der Waals surface area contributed by atoms with Crippen molar-refractivity contribution in [3.63, 3.8) is 0 Å². The fourth-order valence-electron chi connectivity index (χ4n) is 3.82. The zero-order valence-corrected chi connectivity index (χ0v) is 18.0. The Morgan fingerprint density at radius 1 is 0.935 bits per heavy atom. The molecule has 5 heteroatoms. The third kappa shape index (κ3) is 5.70. The van der Waals surface area contributed by atoms with Crippen molar-refractivity contribution in [1.82, 2.24) is 14.8 Å². The third-order valence-corrected chi connectivity index (χ3v) is 5.70. The van der Waals surface area contributed by atoms with Crippen LogP contribution < -0.4 is 4.74 Å². The molecule has 3 aromatic rings. The molecule has 1 aromatic heterocycles. The van der Waals surface area contributed by atoms with Crippen molar-refractivity contribution in [1.29, 1.82) is 0 Å². The number of carbonyl (C=O) groups is 1. The summed E-state index contributed by atoms with van der Waals surface area (Å²) in [7, 11) is 0. The molecule has 1 aliphatic rings. The Kier molecular flexibility index (Phi) is 6.95. The van der Waals surface area contributed by atoms with Crippen LogP contribution in [-0.4, -0.2) is 46.9 Å². The Balaban J connectivity index is 1.30. The number of aromatic nitrogens is 1. The van der Waals surface area contributed by atoms with E-state index in [9.17, 15) is 4.79 Å². The van der Waals surface area contributed by atoms with Crippen LogP contribution in [0.2, 0.25) is 0 Å². The summed E-state index contributed by atoms with van der Waals surface area (Å²) in [5, 5.41) is 0. The van der Waals surface area contributed by atoms with Gasteiger partial charge in [-0.3, -0.25) is 14.7 Å². The van der Waals surface area contributed by atoms with Gasteiger partial charge >= 0.3 is 0 Å². The molecule has 1 aliphatic heterocycles. The smallest absolute Gasteiger partial charge is 0.253 e.